The second kappa shape index (κ2) is 7.72. The summed E-state index contributed by atoms with van der Waals surface area (Å²) >= 11 is 6.29. The number of anilines is 2. The Bertz CT molecular complexity index is 1140. The second-order valence-electron chi connectivity index (χ2n) is 7.39. The molecule has 0 saturated carbocycles. The highest BCUT2D eigenvalue weighted by Crippen LogP contribution is 2.48. The van der Waals surface area contributed by atoms with E-state index in [9.17, 15) is 9.59 Å². The van der Waals surface area contributed by atoms with Crippen LogP contribution in [0.15, 0.2) is 78.9 Å². The zero-order valence-electron chi connectivity index (χ0n) is 16.6. The highest BCUT2D eigenvalue weighted by molar-refractivity contribution is 6.36. The molecule has 2 amide bonds. The number of rotatable bonds is 4. The first-order valence-corrected chi connectivity index (χ1v) is 10.3. The molecule has 0 N–H and O–H groups in total. The molecular formula is C24H19ClN2O4. The molecule has 7 heteroatoms. The number of carbonyl (C=O) groups excluding carboxylic acids is 2. The summed E-state index contributed by atoms with van der Waals surface area (Å²) < 4.78 is 5.27. The summed E-state index contributed by atoms with van der Waals surface area (Å²) in [6.07, 6.45) is -0.934. The van der Waals surface area contributed by atoms with Crippen molar-refractivity contribution in [2.75, 3.05) is 17.1 Å². The summed E-state index contributed by atoms with van der Waals surface area (Å²) in [5, 5.41) is 2.00. The lowest BCUT2D eigenvalue weighted by atomic mass is 9.90. The van der Waals surface area contributed by atoms with Crippen LogP contribution in [-0.2, 0) is 14.4 Å². The van der Waals surface area contributed by atoms with Gasteiger partial charge >= 0.3 is 0 Å². The lowest BCUT2D eigenvalue weighted by Crippen LogP contribution is -2.37. The number of carbonyl (C=O) groups is 2. The Hall–Kier alpha value is -3.35. The molecule has 3 aromatic rings. The summed E-state index contributed by atoms with van der Waals surface area (Å²) in [6.45, 7) is 0. The van der Waals surface area contributed by atoms with Crippen molar-refractivity contribution in [3.63, 3.8) is 0 Å². The number of imide groups is 1. The van der Waals surface area contributed by atoms with E-state index >= 15 is 0 Å². The molecule has 2 aliphatic rings. The molecule has 0 aromatic heterocycles. The number of fused-ring (bicyclic) bond motifs is 1. The molecule has 3 atom stereocenters. The Balaban J connectivity index is 1.59. The average molecular weight is 435 g/mol. The zero-order valence-corrected chi connectivity index (χ0v) is 17.4. The lowest BCUT2D eigenvalue weighted by molar-refractivity contribution is -0.126. The van der Waals surface area contributed by atoms with E-state index in [2.05, 4.69) is 0 Å². The van der Waals surface area contributed by atoms with Gasteiger partial charge in [-0.15, -0.1) is 0 Å². The van der Waals surface area contributed by atoms with Gasteiger partial charge in [0.15, 0.2) is 6.10 Å². The van der Waals surface area contributed by atoms with Crippen LogP contribution in [0.2, 0.25) is 5.02 Å². The van der Waals surface area contributed by atoms with Gasteiger partial charge in [-0.1, -0.05) is 54.1 Å². The first-order valence-electron chi connectivity index (χ1n) is 9.87. The van der Waals surface area contributed by atoms with Crippen LogP contribution in [-0.4, -0.2) is 25.0 Å². The summed E-state index contributed by atoms with van der Waals surface area (Å²) in [5.74, 6) is -0.753. The molecule has 2 heterocycles. The van der Waals surface area contributed by atoms with Gasteiger partial charge in [0, 0.05) is 0 Å². The van der Waals surface area contributed by atoms with Gasteiger partial charge in [0.1, 0.15) is 11.7 Å². The molecular weight excluding hydrogens is 416 g/mol. The molecule has 0 spiro atoms. The Labute approximate surface area is 184 Å². The van der Waals surface area contributed by atoms with E-state index in [4.69, 9.17) is 21.2 Å². The van der Waals surface area contributed by atoms with E-state index < -0.39 is 24.0 Å². The number of hydroxylamine groups is 1. The van der Waals surface area contributed by atoms with Crippen LogP contribution < -0.4 is 14.7 Å². The number of halogens is 1. The molecule has 31 heavy (non-hydrogen) atoms. The van der Waals surface area contributed by atoms with Crippen LogP contribution in [0.3, 0.4) is 0 Å². The van der Waals surface area contributed by atoms with Crippen LogP contribution in [0.25, 0.3) is 0 Å². The summed E-state index contributed by atoms with van der Waals surface area (Å²) in [5.41, 5.74) is 1.99. The van der Waals surface area contributed by atoms with E-state index in [0.717, 1.165) is 16.2 Å². The van der Waals surface area contributed by atoms with Crippen molar-refractivity contribution in [1.82, 2.24) is 0 Å². The molecule has 0 bridgehead atoms. The van der Waals surface area contributed by atoms with Crippen molar-refractivity contribution in [1.29, 1.82) is 0 Å². The maximum atomic E-state index is 13.5. The zero-order chi connectivity index (χ0) is 21.5. The van der Waals surface area contributed by atoms with Gasteiger partial charge in [-0.25, -0.2) is 9.96 Å². The first kappa shape index (κ1) is 19.6. The van der Waals surface area contributed by atoms with Crippen molar-refractivity contribution in [2.45, 2.75) is 12.1 Å². The number of amides is 2. The molecule has 2 aliphatic heterocycles. The van der Waals surface area contributed by atoms with E-state index in [1.165, 1.54) is 0 Å². The Kier molecular flexibility index (Phi) is 4.88. The van der Waals surface area contributed by atoms with Gasteiger partial charge in [0.2, 0.25) is 5.91 Å². The van der Waals surface area contributed by atoms with Crippen molar-refractivity contribution >= 4 is 34.8 Å². The van der Waals surface area contributed by atoms with E-state index in [0.29, 0.717) is 16.5 Å². The second-order valence-corrected chi connectivity index (χ2v) is 7.80. The number of para-hydroxylation sites is 2. The number of ether oxygens (including phenoxy) is 1. The minimum atomic E-state index is -0.934. The van der Waals surface area contributed by atoms with E-state index in [1.807, 2.05) is 54.6 Å². The first-order chi connectivity index (χ1) is 15.1. The average Bonchev–Trinajstić information content (AvgIpc) is 3.31. The van der Waals surface area contributed by atoms with Crippen LogP contribution >= 0.6 is 11.6 Å². The summed E-state index contributed by atoms with van der Waals surface area (Å²) in [4.78, 5) is 34.1. The predicted octanol–water partition coefficient (Wildman–Crippen LogP) is 4.40. The third kappa shape index (κ3) is 3.15. The minimum absolute atomic E-state index is 0.331. The lowest BCUT2D eigenvalue weighted by Gasteiger charge is -2.29. The quantitative estimate of drug-likeness (QED) is 0.570. The molecule has 0 aliphatic carbocycles. The molecule has 3 aromatic carbocycles. The van der Waals surface area contributed by atoms with Crippen molar-refractivity contribution in [2.24, 2.45) is 5.92 Å². The topological polar surface area (TPSA) is 59.1 Å². The standard InChI is InChI=1S/C24H19ClN2O4/c1-30-17-13-11-15(12-14-17)21-20-22(31-27(21)16-7-3-2-4-8-16)24(29)26(23(20)28)19-10-6-5-9-18(19)25/h2-14,20-22H,1H3/t20-,21-,22-/m1/s1. The van der Waals surface area contributed by atoms with Crippen LogP contribution in [0.1, 0.15) is 11.6 Å². The predicted molar refractivity (Wildman–Crippen MR) is 117 cm³/mol. The van der Waals surface area contributed by atoms with Gasteiger partial charge < -0.3 is 4.74 Å². The molecule has 0 radical (unpaired) electrons. The van der Waals surface area contributed by atoms with Gasteiger partial charge in [0.05, 0.1) is 29.5 Å². The fraction of sp³-hybridized carbons (Fsp3) is 0.167. The fourth-order valence-corrected chi connectivity index (χ4v) is 4.44. The number of nitrogens with zero attached hydrogens (tertiary/aromatic N) is 2. The smallest absolute Gasteiger partial charge is 0.266 e. The third-order valence-electron chi connectivity index (χ3n) is 5.68. The number of benzene rings is 3. The molecule has 2 saturated heterocycles. The van der Waals surface area contributed by atoms with Crippen molar-refractivity contribution in [3.05, 3.63) is 89.4 Å². The van der Waals surface area contributed by atoms with Gasteiger partial charge in [-0.2, -0.15) is 0 Å². The Morgan fingerprint density at radius 3 is 2.23 bits per heavy atom. The van der Waals surface area contributed by atoms with E-state index in [-0.39, 0.29) is 5.91 Å². The summed E-state index contributed by atoms with van der Waals surface area (Å²) in [7, 11) is 1.60. The van der Waals surface area contributed by atoms with Crippen molar-refractivity contribution < 1.29 is 19.2 Å². The van der Waals surface area contributed by atoms with Gasteiger partial charge in [-0.3, -0.25) is 14.4 Å². The molecule has 0 unspecified atom stereocenters. The highest BCUT2D eigenvalue weighted by Gasteiger charge is 2.60. The number of hydrogen-bond donors (Lipinski definition) is 0. The molecule has 5 rings (SSSR count). The maximum Gasteiger partial charge on any atom is 0.266 e. The normalized spacial score (nSPS) is 22.7. The monoisotopic (exact) mass is 434 g/mol. The molecule has 6 nitrogen and oxygen atoms in total. The molecule has 2 fully saturated rings. The maximum absolute atomic E-state index is 13.5. The van der Waals surface area contributed by atoms with Gasteiger partial charge in [-0.05, 0) is 42.0 Å². The number of hydrogen-bond acceptors (Lipinski definition) is 5. The van der Waals surface area contributed by atoms with E-state index in [1.54, 1.807) is 36.4 Å². The minimum Gasteiger partial charge on any atom is -0.497 e. The highest BCUT2D eigenvalue weighted by atomic mass is 35.5. The van der Waals surface area contributed by atoms with Crippen molar-refractivity contribution in [3.8, 4) is 5.75 Å². The van der Waals surface area contributed by atoms with Crippen LogP contribution in [0.4, 0.5) is 11.4 Å². The largest absolute Gasteiger partial charge is 0.497 e. The number of methoxy groups -OCH3 is 1. The van der Waals surface area contributed by atoms with Crippen LogP contribution in [0.5, 0.6) is 5.75 Å². The fourth-order valence-electron chi connectivity index (χ4n) is 4.22. The SMILES string of the molecule is COc1ccc([C@@H]2[C@H]3C(=O)N(c4ccccc4Cl)C(=O)[C@@H]3ON2c2ccccc2)cc1. The Morgan fingerprint density at radius 1 is 0.871 bits per heavy atom. The van der Waals surface area contributed by atoms with Gasteiger partial charge in [0.25, 0.3) is 5.91 Å². The van der Waals surface area contributed by atoms with Crippen LogP contribution in [0, 0.1) is 5.92 Å². The Morgan fingerprint density at radius 2 is 1.55 bits per heavy atom. The third-order valence-corrected chi connectivity index (χ3v) is 6.00. The molecule has 156 valence electrons. The summed E-state index contributed by atoms with van der Waals surface area (Å²) in [6, 6.07) is 23.2.